The molecule has 0 aliphatic carbocycles. The van der Waals surface area contributed by atoms with Crippen molar-refractivity contribution in [1.82, 2.24) is 0 Å². The molecule has 8 heteroatoms. The topological polar surface area (TPSA) is 67.4 Å². The van der Waals surface area contributed by atoms with E-state index in [0.29, 0.717) is 22.1 Å². The molecule has 3 aromatic carbocycles. The number of methoxy groups -OCH3 is 1. The third-order valence-electron chi connectivity index (χ3n) is 4.33. The summed E-state index contributed by atoms with van der Waals surface area (Å²) < 4.78 is 19.0. The number of anilines is 2. The minimum Gasteiger partial charge on any atom is -0.495 e. The third kappa shape index (κ3) is 5.99. The fourth-order valence-corrected chi connectivity index (χ4v) is 3.77. The fourth-order valence-electron chi connectivity index (χ4n) is 2.73. The summed E-state index contributed by atoms with van der Waals surface area (Å²) in [7, 11) is 1.52. The van der Waals surface area contributed by atoms with Gasteiger partial charge in [-0.05, 0) is 61.5 Å². The number of amides is 2. The first-order chi connectivity index (χ1) is 14.9. The van der Waals surface area contributed by atoms with Crippen LogP contribution >= 0.6 is 23.4 Å². The second-order valence-electron chi connectivity index (χ2n) is 6.55. The number of rotatable bonds is 7. The zero-order valence-electron chi connectivity index (χ0n) is 16.8. The first-order valence-corrected chi connectivity index (χ1v) is 10.6. The van der Waals surface area contributed by atoms with Crippen molar-refractivity contribution >= 4 is 46.6 Å². The van der Waals surface area contributed by atoms with Crippen LogP contribution in [0.4, 0.5) is 15.8 Å². The summed E-state index contributed by atoms with van der Waals surface area (Å²) in [6.45, 7) is 1.78. The molecular weight excluding hydrogens is 439 g/mol. The Morgan fingerprint density at radius 1 is 1.03 bits per heavy atom. The summed E-state index contributed by atoms with van der Waals surface area (Å²) in [6.07, 6.45) is 0. The largest absolute Gasteiger partial charge is 0.495 e. The van der Waals surface area contributed by atoms with Crippen LogP contribution in [0.5, 0.6) is 5.75 Å². The summed E-state index contributed by atoms with van der Waals surface area (Å²) >= 11 is 7.36. The normalized spacial score (nSPS) is 11.5. The Balaban J connectivity index is 1.60. The Hall–Kier alpha value is -3.03. The molecule has 2 N–H and O–H groups in total. The molecule has 2 amide bonds. The van der Waals surface area contributed by atoms with Crippen LogP contribution in [0.3, 0.4) is 0 Å². The van der Waals surface area contributed by atoms with E-state index in [1.807, 2.05) is 0 Å². The van der Waals surface area contributed by atoms with Gasteiger partial charge in [-0.1, -0.05) is 23.7 Å². The molecule has 0 heterocycles. The molecule has 0 spiro atoms. The highest BCUT2D eigenvalue weighted by atomic mass is 35.5. The lowest BCUT2D eigenvalue weighted by Crippen LogP contribution is -2.22. The van der Waals surface area contributed by atoms with Crippen LogP contribution in [0.25, 0.3) is 0 Å². The molecule has 1 unspecified atom stereocenters. The Kier molecular flexibility index (Phi) is 7.55. The van der Waals surface area contributed by atoms with Gasteiger partial charge in [0.15, 0.2) is 0 Å². The van der Waals surface area contributed by atoms with Gasteiger partial charge in [-0.15, -0.1) is 11.8 Å². The maximum Gasteiger partial charge on any atom is 0.258 e. The van der Waals surface area contributed by atoms with Crippen molar-refractivity contribution in [2.24, 2.45) is 0 Å². The van der Waals surface area contributed by atoms with Gasteiger partial charge in [0.05, 0.1) is 23.6 Å². The maximum atomic E-state index is 13.7. The van der Waals surface area contributed by atoms with E-state index in [9.17, 15) is 14.0 Å². The number of ether oxygens (including phenoxy) is 1. The Bertz CT molecular complexity index is 1090. The minimum absolute atomic E-state index is 0.0253. The first kappa shape index (κ1) is 22.7. The number of hydrogen-bond donors (Lipinski definition) is 2. The molecule has 3 rings (SSSR count). The number of nitrogens with one attached hydrogen (secondary N) is 2. The second-order valence-corrected chi connectivity index (χ2v) is 8.40. The molecule has 160 valence electrons. The summed E-state index contributed by atoms with van der Waals surface area (Å²) in [5, 5.41) is 5.57. The molecule has 0 bridgehead atoms. The second kappa shape index (κ2) is 10.3. The van der Waals surface area contributed by atoms with Crippen LogP contribution in [-0.4, -0.2) is 24.2 Å². The van der Waals surface area contributed by atoms with Gasteiger partial charge in [0.25, 0.3) is 5.91 Å². The van der Waals surface area contributed by atoms with Crippen molar-refractivity contribution in [3.63, 3.8) is 0 Å². The van der Waals surface area contributed by atoms with Gasteiger partial charge < -0.3 is 15.4 Å². The molecule has 0 aliphatic heterocycles. The average Bonchev–Trinajstić information content (AvgIpc) is 2.75. The van der Waals surface area contributed by atoms with E-state index in [4.69, 9.17) is 16.3 Å². The van der Waals surface area contributed by atoms with Crippen LogP contribution < -0.4 is 15.4 Å². The highest BCUT2D eigenvalue weighted by Crippen LogP contribution is 2.30. The van der Waals surface area contributed by atoms with E-state index in [2.05, 4.69) is 10.6 Å². The van der Waals surface area contributed by atoms with Gasteiger partial charge in [-0.2, -0.15) is 0 Å². The number of halogens is 2. The average molecular weight is 459 g/mol. The van der Waals surface area contributed by atoms with Crippen molar-refractivity contribution in [2.45, 2.75) is 17.1 Å². The lowest BCUT2D eigenvalue weighted by Gasteiger charge is -2.15. The Morgan fingerprint density at radius 3 is 2.42 bits per heavy atom. The number of carbonyl (C=O) groups excluding carboxylic acids is 2. The molecule has 0 saturated carbocycles. The Morgan fingerprint density at radius 2 is 1.74 bits per heavy atom. The zero-order chi connectivity index (χ0) is 22.4. The van der Waals surface area contributed by atoms with E-state index in [-0.39, 0.29) is 11.5 Å². The summed E-state index contributed by atoms with van der Waals surface area (Å²) in [5.74, 6) is -0.794. The van der Waals surface area contributed by atoms with Crippen LogP contribution in [0, 0.1) is 5.82 Å². The van der Waals surface area contributed by atoms with Crippen LogP contribution in [0.15, 0.2) is 71.6 Å². The molecular formula is C23H20ClFN2O3S. The van der Waals surface area contributed by atoms with Gasteiger partial charge >= 0.3 is 0 Å². The highest BCUT2D eigenvalue weighted by molar-refractivity contribution is 8.00. The van der Waals surface area contributed by atoms with E-state index in [0.717, 1.165) is 4.90 Å². The SMILES string of the molecule is COc1ccc(Cl)cc1NC(=O)C(C)Sc1ccc(NC(=O)c2ccccc2F)cc1. The van der Waals surface area contributed by atoms with E-state index in [1.54, 1.807) is 55.5 Å². The van der Waals surface area contributed by atoms with Crippen LogP contribution in [-0.2, 0) is 4.79 Å². The number of hydrogen-bond acceptors (Lipinski definition) is 4. The summed E-state index contributed by atoms with van der Waals surface area (Å²) in [6, 6.07) is 17.7. The Labute approximate surface area is 188 Å². The molecule has 0 aromatic heterocycles. The predicted molar refractivity (Wildman–Crippen MR) is 123 cm³/mol. The van der Waals surface area contributed by atoms with Crippen molar-refractivity contribution in [3.8, 4) is 5.75 Å². The molecule has 0 saturated heterocycles. The number of thioether (sulfide) groups is 1. The fraction of sp³-hybridized carbons (Fsp3) is 0.130. The number of benzene rings is 3. The monoisotopic (exact) mass is 458 g/mol. The molecule has 0 radical (unpaired) electrons. The third-order valence-corrected chi connectivity index (χ3v) is 5.68. The summed E-state index contributed by atoms with van der Waals surface area (Å²) in [5.41, 5.74) is 1.000. The van der Waals surface area contributed by atoms with E-state index < -0.39 is 17.0 Å². The zero-order valence-corrected chi connectivity index (χ0v) is 18.4. The van der Waals surface area contributed by atoms with E-state index in [1.165, 1.54) is 37.1 Å². The molecule has 1 atom stereocenters. The first-order valence-electron chi connectivity index (χ1n) is 9.34. The van der Waals surface area contributed by atoms with Crippen LogP contribution in [0.2, 0.25) is 5.02 Å². The van der Waals surface area contributed by atoms with Crippen molar-refractivity contribution in [3.05, 3.63) is 83.1 Å². The minimum atomic E-state index is -0.580. The van der Waals surface area contributed by atoms with E-state index >= 15 is 0 Å². The van der Waals surface area contributed by atoms with Crippen molar-refractivity contribution in [1.29, 1.82) is 0 Å². The lowest BCUT2D eigenvalue weighted by atomic mass is 10.2. The maximum absolute atomic E-state index is 13.7. The lowest BCUT2D eigenvalue weighted by molar-refractivity contribution is -0.115. The molecule has 5 nitrogen and oxygen atoms in total. The highest BCUT2D eigenvalue weighted by Gasteiger charge is 2.17. The van der Waals surface area contributed by atoms with Crippen molar-refractivity contribution in [2.75, 3.05) is 17.7 Å². The predicted octanol–water partition coefficient (Wildman–Crippen LogP) is 5.86. The quantitative estimate of drug-likeness (QED) is 0.435. The summed E-state index contributed by atoms with van der Waals surface area (Å²) in [4.78, 5) is 25.6. The van der Waals surface area contributed by atoms with Gasteiger partial charge in [-0.3, -0.25) is 9.59 Å². The number of carbonyl (C=O) groups is 2. The van der Waals surface area contributed by atoms with Crippen molar-refractivity contribution < 1.29 is 18.7 Å². The smallest absolute Gasteiger partial charge is 0.258 e. The molecule has 3 aromatic rings. The molecule has 0 aliphatic rings. The van der Waals surface area contributed by atoms with Gasteiger partial charge in [-0.25, -0.2) is 4.39 Å². The van der Waals surface area contributed by atoms with Gasteiger partial charge in [0.2, 0.25) is 5.91 Å². The molecule has 31 heavy (non-hydrogen) atoms. The van der Waals surface area contributed by atoms with Crippen LogP contribution in [0.1, 0.15) is 17.3 Å². The van der Waals surface area contributed by atoms with Gasteiger partial charge in [0, 0.05) is 15.6 Å². The van der Waals surface area contributed by atoms with Gasteiger partial charge in [0.1, 0.15) is 11.6 Å². The standard InChI is InChI=1S/C23H20ClFN2O3S/c1-14(22(28)27-20-13-15(24)7-12-21(20)30-2)31-17-10-8-16(9-11-17)26-23(29)18-5-3-4-6-19(18)25/h3-14H,1-2H3,(H,26,29)(H,27,28). The molecule has 0 fully saturated rings.